The normalized spacial score (nSPS) is 11.2. The molecule has 0 aliphatic heterocycles. The third kappa shape index (κ3) is 5.81. The van der Waals surface area contributed by atoms with Gasteiger partial charge in [-0.2, -0.15) is 0 Å². The monoisotopic (exact) mass is 477 g/mol. The van der Waals surface area contributed by atoms with Crippen LogP contribution in [0.2, 0.25) is 10.0 Å². The molecule has 168 valence electrons. The second kappa shape index (κ2) is 10.8. The molecule has 0 unspecified atom stereocenters. The molecule has 0 spiro atoms. The van der Waals surface area contributed by atoms with E-state index >= 15 is 0 Å². The van der Waals surface area contributed by atoms with E-state index in [1.54, 1.807) is 13.3 Å². The van der Waals surface area contributed by atoms with Crippen molar-refractivity contribution in [2.24, 2.45) is 0 Å². The summed E-state index contributed by atoms with van der Waals surface area (Å²) >= 11 is 11.7. The Morgan fingerprint density at radius 1 is 1.19 bits per heavy atom. The number of hydrogen-bond donors (Lipinski definition) is 1. The predicted molar refractivity (Wildman–Crippen MR) is 121 cm³/mol. The van der Waals surface area contributed by atoms with E-state index in [9.17, 15) is 14.0 Å². The summed E-state index contributed by atoms with van der Waals surface area (Å²) in [5.74, 6) is -1.78. The first-order chi connectivity index (χ1) is 15.3. The summed E-state index contributed by atoms with van der Waals surface area (Å²) in [5, 5.41) is -0.254. The summed E-state index contributed by atoms with van der Waals surface area (Å²) in [4.78, 5) is 34.6. The Hall–Kier alpha value is -2.58. The van der Waals surface area contributed by atoms with Crippen LogP contribution in [-0.4, -0.2) is 53.7 Å². The standard InChI is InChI=1S/C23H22Cl2FN3O3/c1-29(7-8-32-2)13-16-4-3-14(11-27-16)9-20(30)19-10-15(12-28-19)23(31)21-17(24)5-6-18(25)22(21)26/h3-6,10-12,28H,7-9,13H2,1-2H3. The Bertz CT molecular complexity index is 1120. The lowest BCUT2D eigenvalue weighted by atomic mass is 10.0. The number of rotatable bonds is 10. The third-order valence-corrected chi connectivity index (χ3v) is 5.48. The highest BCUT2D eigenvalue weighted by molar-refractivity contribution is 6.37. The number of Topliss-reactive ketones (excluding diaryl/α,β-unsaturated/α-hetero) is 1. The number of ether oxygens (including phenoxy) is 1. The molecule has 0 aliphatic carbocycles. The molecule has 2 aromatic heterocycles. The number of hydrogen-bond acceptors (Lipinski definition) is 5. The van der Waals surface area contributed by atoms with Crippen molar-refractivity contribution in [1.82, 2.24) is 14.9 Å². The fourth-order valence-corrected chi connectivity index (χ4v) is 3.49. The van der Waals surface area contributed by atoms with Gasteiger partial charge in [0.05, 0.1) is 33.6 Å². The first-order valence-corrected chi connectivity index (χ1v) is 10.6. The van der Waals surface area contributed by atoms with Gasteiger partial charge in [0.1, 0.15) is 0 Å². The fourth-order valence-electron chi connectivity index (χ4n) is 3.10. The number of aromatic nitrogens is 2. The van der Waals surface area contributed by atoms with Gasteiger partial charge < -0.3 is 9.72 Å². The Morgan fingerprint density at radius 2 is 1.94 bits per heavy atom. The van der Waals surface area contributed by atoms with Crippen molar-refractivity contribution >= 4 is 34.8 Å². The number of methoxy groups -OCH3 is 1. The molecule has 0 amide bonds. The van der Waals surface area contributed by atoms with Crippen LogP contribution >= 0.6 is 23.2 Å². The summed E-state index contributed by atoms with van der Waals surface area (Å²) < 4.78 is 19.4. The van der Waals surface area contributed by atoms with Crippen molar-refractivity contribution in [3.8, 4) is 0 Å². The van der Waals surface area contributed by atoms with Crippen LogP contribution in [0.5, 0.6) is 0 Å². The number of nitrogens with zero attached hydrogens (tertiary/aromatic N) is 2. The van der Waals surface area contributed by atoms with Gasteiger partial charge in [-0.25, -0.2) is 4.39 Å². The van der Waals surface area contributed by atoms with Crippen LogP contribution in [-0.2, 0) is 17.7 Å². The molecule has 1 aromatic carbocycles. The second-order valence-electron chi connectivity index (χ2n) is 7.34. The molecule has 32 heavy (non-hydrogen) atoms. The first-order valence-electron chi connectivity index (χ1n) is 9.81. The highest BCUT2D eigenvalue weighted by atomic mass is 35.5. The average molecular weight is 478 g/mol. The number of carbonyl (C=O) groups excluding carboxylic acids is 2. The molecular formula is C23H22Cl2FN3O3. The summed E-state index contributed by atoms with van der Waals surface area (Å²) in [6, 6.07) is 7.73. The van der Waals surface area contributed by atoms with Crippen LogP contribution in [0.15, 0.2) is 42.7 Å². The molecule has 6 nitrogen and oxygen atoms in total. The Morgan fingerprint density at radius 3 is 2.62 bits per heavy atom. The number of nitrogens with one attached hydrogen (secondary N) is 1. The molecule has 0 saturated carbocycles. The maximum absolute atomic E-state index is 14.3. The average Bonchev–Trinajstić information content (AvgIpc) is 3.27. The minimum Gasteiger partial charge on any atom is -0.383 e. The molecule has 9 heteroatoms. The Kier molecular flexibility index (Phi) is 8.15. The highest BCUT2D eigenvalue weighted by Gasteiger charge is 2.22. The summed E-state index contributed by atoms with van der Waals surface area (Å²) in [6.45, 7) is 2.10. The molecule has 0 aliphatic rings. The van der Waals surface area contributed by atoms with Gasteiger partial charge in [-0.15, -0.1) is 0 Å². The molecule has 3 aromatic rings. The number of ketones is 2. The van der Waals surface area contributed by atoms with Crippen molar-refractivity contribution in [2.75, 3.05) is 27.3 Å². The lowest BCUT2D eigenvalue weighted by Gasteiger charge is -2.15. The summed E-state index contributed by atoms with van der Waals surface area (Å²) in [5.41, 5.74) is 1.64. The van der Waals surface area contributed by atoms with Gasteiger partial charge >= 0.3 is 0 Å². The SMILES string of the molecule is COCCN(C)Cc1ccc(CC(=O)c2cc(C(=O)c3c(Cl)ccc(Cl)c3F)c[nH]2)cn1. The zero-order valence-electron chi connectivity index (χ0n) is 17.6. The molecule has 3 rings (SSSR count). The van der Waals surface area contributed by atoms with E-state index in [-0.39, 0.29) is 39.1 Å². The zero-order valence-corrected chi connectivity index (χ0v) is 19.1. The molecule has 0 fully saturated rings. The maximum Gasteiger partial charge on any atom is 0.199 e. The van der Waals surface area contributed by atoms with Gasteiger partial charge in [-0.3, -0.25) is 19.5 Å². The minimum absolute atomic E-state index is 0.0509. The smallest absolute Gasteiger partial charge is 0.199 e. The number of likely N-dealkylation sites (N-methyl/N-ethyl adjacent to an activating group) is 1. The van der Waals surface area contributed by atoms with Crippen LogP contribution in [0.4, 0.5) is 4.39 Å². The number of benzene rings is 1. The molecular weight excluding hydrogens is 456 g/mol. The van der Waals surface area contributed by atoms with E-state index in [0.29, 0.717) is 13.2 Å². The van der Waals surface area contributed by atoms with Crippen LogP contribution in [0.1, 0.15) is 37.7 Å². The molecule has 0 atom stereocenters. The largest absolute Gasteiger partial charge is 0.383 e. The van der Waals surface area contributed by atoms with Crippen molar-refractivity contribution < 1.29 is 18.7 Å². The fraction of sp³-hybridized carbons (Fsp3) is 0.261. The topological polar surface area (TPSA) is 75.3 Å². The minimum atomic E-state index is -0.891. The third-order valence-electron chi connectivity index (χ3n) is 4.88. The van der Waals surface area contributed by atoms with Gasteiger partial charge in [0, 0.05) is 44.6 Å². The van der Waals surface area contributed by atoms with Gasteiger partial charge in [0.2, 0.25) is 0 Å². The molecule has 2 heterocycles. The van der Waals surface area contributed by atoms with Crippen LogP contribution in [0.25, 0.3) is 0 Å². The van der Waals surface area contributed by atoms with Crippen molar-refractivity contribution in [1.29, 1.82) is 0 Å². The van der Waals surface area contributed by atoms with E-state index in [2.05, 4.69) is 14.9 Å². The lowest BCUT2D eigenvalue weighted by molar-refractivity contribution is 0.0988. The lowest BCUT2D eigenvalue weighted by Crippen LogP contribution is -2.22. The second-order valence-corrected chi connectivity index (χ2v) is 8.15. The molecule has 0 bridgehead atoms. The van der Waals surface area contributed by atoms with Gasteiger partial charge in [0.15, 0.2) is 17.4 Å². The zero-order chi connectivity index (χ0) is 23.3. The summed E-state index contributed by atoms with van der Waals surface area (Å²) in [7, 11) is 3.64. The van der Waals surface area contributed by atoms with E-state index in [0.717, 1.165) is 17.8 Å². The molecule has 0 saturated heterocycles. The number of aromatic amines is 1. The molecule has 1 N–H and O–H groups in total. The van der Waals surface area contributed by atoms with Crippen LogP contribution in [0, 0.1) is 5.82 Å². The highest BCUT2D eigenvalue weighted by Crippen LogP contribution is 2.28. The van der Waals surface area contributed by atoms with Crippen molar-refractivity contribution in [3.63, 3.8) is 0 Å². The summed E-state index contributed by atoms with van der Waals surface area (Å²) in [6.07, 6.45) is 3.12. The number of pyridine rings is 1. The van der Waals surface area contributed by atoms with Crippen molar-refractivity contribution in [3.05, 3.63) is 86.7 Å². The predicted octanol–water partition coefficient (Wildman–Crippen LogP) is 4.59. The van der Waals surface area contributed by atoms with Crippen LogP contribution < -0.4 is 0 Å². The van der Waals surface area contributed by atoms with Gasteiger partial charge in [0.25, 0.3) is 0 Å². The number of carbonyl (C=O) groups is 2. The van der Waals surface area contributed by atoms with Crippen LogP contribution in [0.3, 0.4) is 0 Å². The van der Waals surface area contributed by atoms with E-state index in [4.69, 9.17) is 27.9 Å². The van der Waals surface area contributed by atoms with Gasteiger partial charge in [-0.1, -0.05) is 29.3 Å². The quantitative estimate of drug-likeness (QED) is 0.341. The first kappa shape index (κ1) is 24.1. The van der Waals surface area contributed by atoms with E-state index in [1.807, 2.05) is 19.2 Å². The Balaban J connectivity index is 1.66. The molecule has 0 radical (unpaired) electrons. The number of H-pyrrole nitrogens is 1. The van der Waals surface area contributed by atoms with Crippen molar-refractivity contribution in [2.45, 2.75) is 13.0 Å². The van der Waals surface area contributed by atoms with E-state index < -0.39 is 11.6 Å². The maximum atomic E-state index is 14.3. The Labute approximate surface area is 195 Å². The van der Waals surface area contributed by atoms with Gasteiger partial charge in [-0.05, 0) is 36.9 Å². The van der Waals surface area contributed by atoms with E-state index in [1.165, 1.54) is 24.4 Å². The number of halogens is 3.